The van der Waals surface area contributed by atoms with Gasteiger partial charge in [0.2, 0.25) is 0 Å². The summed E-state index contributed by atoms with van der Waals surface area (Å²) < 4.78 is 18.5. The van der Waals surface area contributed by atoms with Gasteiger partial charge in [0.05, 0.1) is 5.76 Å². The van der Waals surface area contributed by atoms with Gasteiger partial charge in [-0.3, -0.25) is 0 Å². The van der Waals surface area contributed by atoms with Gasteiger partial charge in [0.15, 0.2) is 0 Å². The van der Waals surface area contributed by atoms with Gasteiger partial charge >= 0.3 is 0 Å². The van der Waals surface area contributed by atoms with Crippen LogP contribution in [0.4, 0.5) is 4.39 Å². The number of allylic oxidation sites excluding steroid dienone is 4. The second-order valence-electron chi connectivity index (χ2n) is 4.11. The Morgan fingerprint density at radius 1 is 1.15 bits per heavy atom. The lowest BCUT2D eigenvalue weighted by molar-refractivity contribution is 0.188. The number of hydrogen-bond donors (Lipinski definition) is 0. The molecule has 110 valence electrons. The van der Waals surface area contributed by atoms with Gasteiger partial charge in [-0.15, -0.1) is 0 Å². The zero-order chi connectivity index (χ0) is 14.8. The molecule has 1 aromatic carbocycles. The van der Waals surface area contributed by atoms with E-state index in [1.807, 2.05) is 26.0 Å². The molecule has 0 fully saturated rings. The van der Waals surface area contributed by atoms with Crippen LogP contribution in [0.2, 0.25) is 0 Å². The molecule has 0 amide bonds. The van der Waals surface area contributed by atoms with E-state index >= 15 is 0 Å². The summed E-state index contributed by atoms with van der Waals surface area (Å²) >= 11 is 0. The molecule has 4 heteroatoms. The first-order valence-corrected chi connectivity index (χ1v) is 8.48. The molecule has 1 aliphatic carbocycles. The molecule has 2 rings (SSSR count). The van der Waals surface area contributed by atoms with E-state index in [0.29, 0.717) is 6.61 Å². The molecule has 0 saturated heterocycles. The molecule has 0 N–H and O–H groups in total. The monoisotopic (exact) mass is 314 g/mol. The Kier molecular flexibility index (Phi) is 8.47. The molecule has 0 spiro atoms. The van der Waals surface area contributed by atoms with Crippen LogP contribution >= 0.6 is 21.7 Å². The highest BCUT2D eigenvalue weighted by atomic mass is 35.7. The maximum absolute atomic E-state index is 12.7. The SMILES string of the molecule is CC.Fc1ccc(COC2=CC=C(SCl)CCC2)cc1. The van der Waals surface area contributed by atoms with Crippen molar-refractivity contribution in [2.24, 2.45) is 0 Å². The topological polar surface area (TPSA) is 9.23 Å². The number of benzene rings is 1. The Labute approximate surface area is 129 Å². The fourth-order valence-corrected chi connectivity index (χ4v) is 2.46. The van der Waals surface area contributed by atoms with E-state index in [2.05, 4.69) is 0 Å². The van der Waals surface area contributed by atoms with Crippen LogP contribution in [0.1, 0.15) is 38.7 Å². The quantitative estimate of drug-likeness (QED) is 0.653. The van der Waals surface area contributed by atoms with Crippen LogP contribution in [0, 0.1) is 5.82 Å². The van der Waals surface area contributed by atoms with Crippen molar-refractivity contribution in [1.82, 2.24) is 0 Å². The zero-order valence-corrected chi connectivity index (χ0v) is 13.4. The minimum Gasteiger partial charge on any atom is -0.493 e. The molecule has 0 aromatic heterocycles. The fraction of sp³-hybridized carbons (Fsp3) is 0.375. The second-order valence-corrected chi connectivity index (χ2v) is 5.25. The predicted octanol–water partition coefficient (Wildman–Crippen LogP) is 6.21. The van der Waals surface area contributed by atoms with Crippen molar-refractivity contribution in [2.75, 3.05) is 0 Å². The van der Waals surface area contributed by atoms with Crippen LogP contribution < -0.4 is 0 Å². The van der Waals surface area contributed by atoms with Crippen LogP contribution in [-0.2, 0) is 11.3 Å². The molecule has 0 heterocycles. The van der Waals surface area contributed by atoms with E-state index in [9.17, 15) is 4.39 Å². The standard InChI is InChI=1S/C14H14ClFOS.C2H6/c15-18-14-3-1-2-13(8-9-14)17-10-11-4-6-12(16)7-5-11;1-2/h4-9H,1-3,10H2;1-2H3. The van der Waals surface area contributed by atoms with Crippen LogP contribution in [0.15, 0.2) is 47.1 Å². The van der Waals surface area contributed by atoms with Crippen molar-refractivity contribution < 1.29 is 9.13 Å². The van der Waals surface area contributed by atoms with Gasteiger partial charge in [-0.25, -0.2) is 4.39 Å². The van der Waals surface area contributed by atoms with Gasteiger partial charge in [0.25, 0.3) is 0 Å². The van der Waals surface area contributed by atoms with Crippen LogP contribution in [-0.4, -0.2) is 0 Å². The average Bonchev–Trinajstić information content (AvgIpc) is 2.74. The molecule has 0 aliphatic heterocycles. The smallest absolute Gasteiger partial charge is 0.123 e. The first-order chi connectivity index (χ1) is 9.78. The van der Waals surface area contributed by atoms with Crippen LogP contribution in [0.3, 0.4) is 0 Å². The summed E-state index contributed by atoms with van der Waals surface area (Å²) in [5.74, 6) is 0.735. The van der Waals surface area contributed by atoms with Gasteiger partial charge in [0, 0.05) is 11.3 Å². The Balaban J connectivity index is 0.000000956. The third-order valence-electron chi connectivity index (χ3n) is 2.74. The van der Waals surface area contributed by atoms with Gasteiger partial charge in [0.1, 0.15) is 12.4 Å². The summed E-state index contributed by atoms with van der Waals surface area (Å²) in [7, 11) is 7.00. The Hall–Kier alpha value is -0.930. The summed E-state index contributed by atoms with van der Waals surface area (Å²) in [5.41, 5.74) is 0.970. The molecule has 0 radical (unpaired) electrons. The summed E-state index contributed by atoms with van der Waals surface area (Å²) in [6, 6.07) is 6.37. The van der Waals surface area contributed by atoms with Crippen LogP contribution in [0.5, 0.6) is 0 Å². The highest BCUT2D eigenvalue weighted by Crippen LogP contribution is 2.29. The van der Waals surface area contributed by atoms with E-state index < -0.39 is 0 Å². The molecule has 20 heavy (non-hydrogen) atoms. The number of ether oxygens (including phenoxy) is 1. The molecule has 0 atom stereocenters. The molecule has 0 unspecified atom stereocenters. The lowest BCUT2D eigenvalue weighted by Gasteiger charge is -2.08. The molecule has 1 aromatic rings. The number of rotatable bonds is 4. The highest BCUT2D eigenvalue weighted by molar-refractivity contribution is 8.24. The third kappa shape index (κ3) is 6.02. The molecule has 0 bridgehead atoms. The van der Waals surface area contributed by atoms with Crippen molar-refractivity contribution >= 4 is 21.7 Å². The van der Waals surface area contributed by atoms with E-state index in [1.165, 1.54) is 23.1 Å². The molecular formula is C16H20ClFOS. The van der Waals surface area contributed by atoms with Crippen molar-refractivity contribution in [3.8, 4) is 0 Å². The summed E-state index contributed by atoms with van der Waals surface area (Å²) in [5, 5.41) is 0. The summed E-state index contributed by atoms with van der Waals surface area (Å²) in [4.78, 5) is 1.16. The molecule has 1 aliphatic rings. The second kappa shape index (κ2) is 9.89. The van der Waals surface area contributed by atoms with E-state index in [-0.39, 0.29) is 5.82 Å². The van der Waals surface area contributed by atoms with Crippen molar-refractivity contribution in [3.63, 3.8) is 0 Å². The average molecular weight is 315 g/mol. The zero-order valence-electron chi connectivity index (χ0n) is 11.9. The first-order valence-electron chi connectivity index (χ1n) is 6.83. The Morgan fingerprint density at radius 2 is 1.85 bits per heavy atom. The molecule has 1 nitrogen and oxygen atoms in total. The maximum atomic E-state index is 12.7. The van der Waals surface area contributed by atoms with Gasteiger partial charge in [-0.2, -0.15) is 0 Å². The van der Waals surface area contributed by atoms with E-state index in [0.717, 1.165) is 35.5 Å². The predicted molar refractivity (Wildman–Crippen MR) is 86.0 cm³/mol. The number of hydrogen-bond acceptors (Lipinski definition) is 2. The van der Waals surface area contributed by atoms with Crippen molar-refractivity contribution in [3.05, 3.63) is 58.5 Å². The van der Waals surface area contributed by atoms with Crippen molar-refractivity contribution in [2.45, 2.75) is 39.7 Å². The normalized spacial score (nSPS) is 14.4. The largest absolute Gasteiger partial charge is 0.493 e. The lowest BCUT2D eigenvalue weighted by atomic mass is 10.2. The van der Waals surface area contributed by atoms with Crippen molar-refractivity contribution in [1.29, 1.82) is 0 Å². The fourth-order valence-electron chi connectivity index (χ4n) is 1.73. The minimum atomic E-state index is -0.223. The van der Waals surface area contributed by atoms with Gasteiger partial charge < -0.3 is 4.74 Å². The van der Waals surface area contributed by atoms with Gasteiger partial charge in [-0.1, -0.05) is 26.0 Å². The Morgan fingerprint density at radius 3 is 2.50 bits per heavy atom. The number of halogens is 2. The highest BCUT2D eigenvalue weighted by Gasteiger charge is 2.06. The van der Waals surface area contributed by atoms with E-state index in [1.54, 1.807) is 12.1 Å². The third-order valence-corrected chi connectivity index (χ3v) is 3.87. The lowest BCUT2D eigenvalue weighted by Crippen LogP contribution is -1.93. The van der Waals surface area contributed by atoms with E-state index in [4.69, 9.17) is 15.4 Å². The summed E-state index contributed by atoms with van der Waals surface area (Å²) in [6.45, 7) is 4.48. The first kappa shape index (κ1) is 17.1. The van der Waals surface area contributed by atoms with Crippen LogP contribution in [0.25, 0.3) is 0 Å². The molecule has 0 saturated carbocycles. The van der Waals surface area contributed by atoms with Gasteiger partial charge in [-0.05, 0) is 64.3 Å². The summed E-state index contributed by atoms with van der Waals surface area (Å²) in [6.07, 6.45) is 6.93. The Bertz CT molecular complexity index is 454. The maximum Gasteiger partial charge on any atom is 0.123 e. The molecular weight excluding hydrogens is 295 g/mol. The minimum absolute atomic E-state index is 0.223.